The van der Waals surface area contributed by atoms with Crippen LogP contribution in [0.5, 0.6) is 0 Å². The number of rotatable bonds is 6. The van der Waals surface area contributed by atoms with E-state index in [-0.39, 0.29) is 23.3 Å². The number of piperidine rings is 1. The van der Waals surface area contributed by atoms with Gasteiger partial charge in [-0.05, 0) is 44.4 Å². The molecule has 2 aromatic carbocycles. The molecular weight excluding hydrogens is 428 g/mol. The van der Waals surface area contributed by atoms with Crippen LogP contribution in [0.2, 0.25) is 0 Å². The zero-order valence-corrected chi connectivity index (χ0v) is 18.9. The van der Waals surface area contributed by atoms with Crippen molar-refractivity contribution in [2.45, 2.75) is 38.1 Å². The molecule has 8 nitrogen and oxygen atoms in total. The Morgan fingerprint density at radius 2 is 1.78 bits per heavy atom. The van der Waals surface area contributed by atoms with Crippen LogP contribution in [0.15, 0.2) is 57.9 Å². The second-order valence-corrected chi connectivity index (χ2v) is 9.97. The van der Waals surface area contributed by atoms with Crippen molar-refractivity contribution >= 4 is 15.9 Å². The number of aryl methyl sites for hydroxylation is 2. The molecule has 1 aliphatic rings. The number of sulfonamides is 1. The average Bonchev–Trinajstić information content (AvgIpc) is 3.27. The fourth-order valence-corrected chi connectivity index (χ4v) is 5.25. The van der Waals surface area contributed by atoms with E-state index in [9.17, 15) is 13.2 Å². The lowest BCUT2D eigenvalue weighted by Gasteiger charge is -2.30. The van der Waals surface area contributed by atoms with Crippen LogP contribution in [0.1, 0.15) is 29.9 Å². The van der Waals surface area contributed by atoms with Gasteiger partial charge in [0.25, 0.3) is 0 Å². The summed E-state index contributed by atoms with van der Waals surface area (Å²) in [7, 11) is -3.54. The molecule has 168 valence electrons. The van der Waals surface area contributed by atoms with E-state index in [0.717, 1.165) is 16.7 Å². The van der Waals surface area contributed by atoms with Gasteiger partial charge in [-0.15, -0.1) is 0 Å². The summed E-state index contributed by atoms with van der Waals surface area (Å²) in [6.45, 7) is 4.65. The van der Waals surface area contributed by atoms with Gasteiger partial charge in [0.1, 0.15) is 0 Å². The van der Waals surface area contributed by atoms with Crippen LogP contribution < -0.4 is 5.32 Å². The summed E-state index contributed by atoms with van der Waals surface area (Å²) in [6, 6.07) is 14.6. The van der Waals surface area contributed by atoms with Crippen LogP contribution in [0.4, 0.5) is 0 Å². The Labute approximate surface area is 187 Å². The van der Waals surface area contributed by atoms with Crippen molar-refractivity contribution in [2.75, 3.05) is 13.1 Å². The summed E-state index contributed by atoms with van der Waals surface area (Å²) in [4.78, 5) is 17.2. The van der Waals surface area contributed by atoms with Crippen LogP contribution in [-0.2, 0) is 21.4 Å². The summed E-state index contributed by atoms with van der Waals surface area (Å²) in [5.74, 6) is 0.434. The zero-order valence-electron chi connectivity index (χ0n) is 18.1. The summed E-state index contributed by atoms with van der Waals surface area (Å²) >= 11 is 0. The predicted octanol–water partition coefficient (Wildman–Crippen LogP) is 3.07. The highest BCUT2D eigenvalue weighted by molar-refractivity contribution is 7.89. The fraction of sp³-hybridized carbons (Fsp3) is 0.348. The molecule has 4 rings (SSSR count). The molecule has 32 heavy (non-hydrogen) atoms. The first-order valence-corrected chi connectivity index (χ1v) is 12.0. The van der Waals surface area contributed by atoms with Crippen LogP contribution in [0.3, 0.4) is 0 Å². The normalized spacial score (nSPS) is 15.6. The molecule has 0 unspecified atom stereocenters. The minimum atomic E-state index is -3.54. The Morgan fingerprint density at radius 1 is 1.09 bits per heavy atom. The lowest BCUT2D eigenvalue weighted by Crippen LogP contribution is -2.42. The number of nitrogens with zero attached hydrogens (tertiary/aromatic N) is 3. The van der Waals surface area contributed by atoms with E-state index in [1.54, 1.807) is 24.3 Å². The van der Waals surface area contributed by atoms with Crippen LogP contribution in [-0.4, -0.2) is 41.9 Å². The highest BCUT2D eigenvalue weighted by atomic mass is 32.2. The molecule has 0 atom stereocenters. The Kier molecular flexibility index (Phi) is 6.38. The molecule has 1 fully saturated rings. The highest BCUT2D eigenvalue weighted by Crippen LogP contribution is 2.24. The van der Waals surface area contributed by atoms with Gasteiger partial charge in [0, 0.05) is 24.6 Å². The van der Waals surface area contributed by atoms with Crippen molar-refractivity contribution in [3.8, 4) is 11.4 Å². The van der Waals surface area contributed by atoms with Crippen LogP contribution in [0, 0.1) is 19.8 Å². The smallest absolute Gasteiger partial charge is 0.246 e. The zero-order chi connectivity index (χ0) is 22.7. The number of benzene rings is 2. The SMILES string of the molecule is Cc1ccc(S(=O)(=O)N2CCC(C(=O)NCc3nc(-c4ccccc4C)no3)CC2)cc1. The van der Waals surface area contributed by atoms with Gasteiger partial charge in [-0.1, -0.05) is 47.1 Å². The number of hydrogen-bond donors (Lipinski definition) is 1. The maximum atomic E-state index is 12.8. The van der Waals surface area contributed by atoms with Gasteiger partial charge in [-0.25, -0.2) is 8.42 Å². The van der Waals surface area contributed by atoms with Crippen molar-refractivity contribution in [2.24, 2.45) is 5.92 Å². The fourth-order valence-electron chi connectivity index (χ4n) is 3.78. The minimum Gasteiger partial charge on any atom is -0.347 e. The van der Waals surface area contributed by atoms with Crippen LogP contribution >= 0.6 is 0 Å². The van der Waals surface area contributed by atoms with Gasteiger partial charge in [0.2, 0.25) is 27.6 Å². The lowest BCUT2D eigenvalue weighted by atomic mass is 9.97. The van der Waals surface area contributed by atoms with Gasteiger partial charge in [-0.3, -0.25) is 4.79 Å². The largest absolute Gasteiger partial charge is 0.347 e. The van der Waals surface area contributed by atoms with Gasteiger partial charge in [-0.2, -0.15) is 9.29 Å². The average molecular weight is 455 g/mol. The van der Waals surface area contributed by atoms with E-state index >= 15 is 0 Å². The number of nitrogens with one attached hydrogen (secondary N) is 1. The third-order valence-electron chi connectivity index (χ3n) is 5.75. The van der Waals surface area contributed by atoms with E-state index in [1.165, 1.54) is 4.31 Å². The Balaban J connectivity index is 1.31. The first-order valence-electron chi connectivity index (χ1n) is 10.6. The number of amides is 1. The van der Waals surface area contributed by atoms with E-state index in [1.807, 2.05) is 38.1 Å². The van der Waals surface area contributed by atoms with E-state index in [2.05, 4.69) is 15.5 Å². The quantitative estimate of drug-likeness (QED) is 0.614. The maximum Gasteiger partial charge on any atom is 0.246 e. The Hall–Kier alpha value is -3.04. The monoisotopic (exact) mass is 454 g/mol. The molecule has 1 aliphatic heterocycles. The molecule has 1 N–H and O–H groups in total. The molecule has 0 saturated carbocycles. The summed E-state index contributed by atoms with van der Waals surface area (Å²) in [6.07, 6.45) is 0.935. The standard InChI is InChI=1S/C23H26N4O4S/c1-16-7-9-19(10-8-16)32(29,30)27-13-11-18(12-14-27)23(28)24-15-21-25-22(26-31-21)20-6-4-3-5-17(20)2/h3-10,18H,11-15H2,1-2H3,(H,24,28). The molecule has 1 saturated heterocycles. The summed E-state index contributed by atoms with van der Waals surface area (Å²) < 4.78 is 32.4. The summed E-state index contributed by atoms with van der Waals surface area (Å²) in [5.41, 5.74) is 2.93. The van der Waals surface area contributed by atoms with E-state index in [4.69, 9.17) is 4.52 Å². The van der Waals surface area contributed by atoms with Gasteiger partial charge in [0.05, 0.1) is 11.4 Å². The van der Waals surface area contributed by atoms with Crippen molar-refractivity contribution in [1.29, 1.82) is 0 Å². The molecule has 2 heterocycles. The molecule has 0 bridgehead atoms. The molecule has 3 aromatic rings. The topological polar surface area (TPSA) is 105 Å². The number of aromatic nitrogens is 2. The molecule has 0 spiro atoms. The van der Waals surface area contributed by atoms with E-state index < -0.39 is 10.0 Å². The molecule has 0 radical (unpaired) electrons. The molecule has 9 heteroatoms. The molecule has 1 aromatic heterocycles. The molecule has 0 aliphatic carbocycles. The van der Waals surface area contributed by atoms with Gasteiger partial charge in [0.15, 0.2) is 0 Å². The van der Waals surface area contributed by atoms with Gasteiger partial charge < -0.3 is 9.84 Å². The lowest BCUT2D eigenvalue weighted by molar-refractivity contribution is -0.126. The minimum absolute atomic E-state index is 0.131. The second kappa shape index (κ2) is 9.22. The van der Waals surface area contributed by atoms with Crippen LogP contribution in [0.25, 0.3) is 11.4 Å². The summed E-state index contributed by atoms with van der Waals surface area (Å²) in [5, 5.41) is 6.83. The van der Waals surface area contributed by atoms with Crippen molar-refractivity contribution < 1.29 is 17.7 Å². The maximum absolute atomic E-state index is 12.8. The first-order chi connectivity index (χ1) is 15.3. The number of carbonyl (C=O) groups is 1. The Morgan fingerprint density at radius 3 is 2.47 bits per heavy atom. The highest BCUT2D eigenvalue weighted by Gasteiger charge is 2.32. The van der Waals surface area contributed by atoms with Gasteiger partial charge >= 0.3 is 0 Å². The Bertz CT molecular complexity index is 1200. The van der Waals surface area contributed by atoms with Crippen molar-refractivity contribution in [1.82, 2.24) is 19.8 Å². The third-order valence-corrected chi connectivity index (χ3v) is 7.66. The third kappa shape index (κ3) is 4.73. The molecule has 1 amide bonds. The van der Waals surface area contributed by atoms with Crippen molar-refractivity contribution in [3.63, 3.8) is 0 Å². The van der Waals surface area contributed by atoms with Crippen molar-refractivity contribution in [3.05, 3.63) is 65.5 Å². The second-order valence-electron chi connectivity index (χ2n) is 8.04. The molecular formula is C23H26N4O4S. The first kappa shape index (κ1) is 22.2. The number of hydrogen-bond acceptors (Lipinski definition) is 6. The van der Waals surface area contributed by atoms with E-state index in [0.29, 0.717) is 37.6 Å². The number of carbonyl (C=O) groups excluding carboxylic acids is 1. The predicted molar refractivity (Wildman–Crippen MR) is 119 cm³/mol.